The van der Waals surface area contributed by atoms with Crippen LogP contribution in [0.2, 0.25) is 0 Å². The molecular weight excluding hydrogens is 268 g/mol. The number of rotatable bonds is 6. The van der Waals surface area contributed by atoms with Crippen LogP contribution in [-0.2, 0) is 6.54 Å². The van der Waals surface area contributed by atoms with Crippen LogP contribution in [0.4, 0.5) is 4.79 Å². The normalized spacial score (nSPS) is 11.9. The van der Waals surface area contributed by atoms with Crippen LogP contribution in [0.15, 0.2) is 43.0 Å². The fourth-order valence-corrected chi connectivity index (χ4v) is 1.89. The molecule has 0 aliphatic rings. The first-order valence-corrected chi connectivity index (χ1v) is 6.95. The minimum absolute atomic E-state index is 0.0521. The van der Waals surface area contributed by atoms with Gasteiger partial charge >= 0.3 is 6.03 Å². The third-order valence-electron chi connectivity index (χ3n) is 3.24. The topological polar surface area (TPSA) is 79.2 Å². The lowest BCUT2D eigenvalue weighted by Gasteiger charge is -2.14. The van der Waals surface area contributed by atoms with Crippen LogP contribution >= 0.6 is 0 Å². The molecule has 0 spiro atoms. The number of aromatic nitrogens is 2. The van der Waals surface area contributed by atoms with Crippen molar-refractivity contribution in [3.05, 3.63) is 48.5 Å². The summed E-state index contributed by atoms with van der Waals surface area (Å²) in [6.07, 6.45) is 6.04. The summed E-state index contributed by atoms with van der Waals surface area (Å²) < 4.78 is 1.91. The molecule has 6 heteroatoms. The first kappa shape index (κ1) is 15.1. The fourth-order valence-electron chi connectivity index (χ4n) is 1.89. The Balaban J connectivity index is 1.85. The molecule has 0 radical (unpaired) electrons. The second-order valence-electron chi connectivity index (χ2n) is 4.75. The van der Waals surface area contributed by atoms with Crippen molar-refractivity contribution in [2.75, 3.05) is 6.61 Å². The Kier molecular flexibility index (Phi) is 5.34. The molecule has 2 amide bonds. The van der Waals surface area contributed by atoms with E-state index in [9.17, 15) is 4.79 Å². The van der Waals surface area contributed by atoms with Crippen LogP contribution < -0.4 is 10.6 Å². The zero-order valence-electron chi connectivity index (χ0n) is 12.0. The molecule has 0 aliphatic carbocycles. The first-order chi connectivity index (χ1) is 10.2. The Hall–Kier alpha value is -2.34. The maximum Gasteiger partial charge on any atom is 0.315 e. The Morgan fingerprint density at radius 2 is 2.14 bits per heavy atom. The van der Waals surface area contributed by atoms with Gasteiger partial charge in [0.25, 0.3) is 0 Å². The van der Waals surface area contributed by atoms with Gasteiger partial charge in [-0.1, -0.05) is 19.1 Å². The molecule has 0 bridgehead atoms. The molecule has 0 saturated heterocycles. The number of urea groups is 1. The Morgan fingerprint density at radius 1 is 1.38 bits per heavy atom. The van der Waals surface area contributed by atoms with Gasteiger partial charge in [0, 0.05) is 24.6 Å². The van der Waals surface area contributed by atoms with Crippen LogP contribution in [0.3, 0.4) is 0 Å². The summed E-state index contributed by atoms with van der Waals surface area (Å²) in [5, 5.41) is 14.5. The highest BCUT2D eigenvalue weighted by atomic mass is 16.3. The van der Waals surface area contributed by atoms with Gasteiger partial charge in [-0.2, -0.15) is 0 Å². The molecule has 1 unspecified atom stereocenters. The summed E-state index contributed by atoms with van der Waals surface area (Å²) in [4.78, 5) is 15.7. The van der Waals surface area contributed by atoms with E-state index in [-0.39, 0.29) is 18.7 Å². The van der Waals surface area contributed by atoms with Crippen LogP contribution in [0.1, 0.15) is 18.9 Å². The van der Waals surface area contributed by atoms with Crippen molar-refractivity contribution < 1.29 is 9.90 Å². The van der Waals surface area contributed by atoms with E-state index in [1.165, 1.54) is 0 Å². The number of amides is 2. The molecule has 3 N–H and O–H groups in total. The second kappa shape index (κ2) is 7.44. The van der Waals surface area contributed by atoms with Gasteiger partial charge in [-0.25, -0.2) is 9.78 Å². The largest absolute Gasteiger partial charge is 0.394 e. The van der Waals surface area contributed by atoms with Gasteiger partial charge in [0.2, 0.25) is 0 Å². The summed E-state index contributed by atoms with van der Waals surface area (Å²) in [6.45, 7) is 2.30. The highest BCUT2D eigenvalue weighted by molar-refractivity contribution is 5.74. The molecule has 1 heterocycles. The van der Waals surface area contributed by atoms with E-state index in [0.717, 1.165) is 11.3 Å². The maximum absolute atomic E-state index is 11.7. The van der Waals surface area contributed by atoms with Crippen molar-refractivity contribution in [2.45, 2.75) is 25.9 Å². The summed E-state index contributed by atoms with van der Waals surface area (Å²) in [5.74, 6) is 0. The predicted octanol–water partition coefficient (Wildman–Crippen LogP) is 1.44. The number of carbonyl (C=O) groups is 1. The molecule has 0 saturated carbocycles. The summed E-state index contributed by atoms with van der Waals surface area (Å²) >= 11 is 0. The average Bonchev–Trinajstić information content (AvgIpc) is 3.05. The van der Waals surface area contributed by atoms with E-state index in [1.54, 1.807) is 12.5 Å². The third kappa shape index (κ3) is 4.32. The number of carbonyl (C=O) groups excluding carboxylic acids is 1. The molecule has 6 nitrogen and oxygen atoms in total. The molecule has 2 rings (SSSR count). The summed E-state index contributed by atoms with van der Waals surface area (Å²) in [5.41, 5.74) is 2.03. The van der Waals surface area contributed by atoms with E-state index in [4.69, 9.17) is 5.11 Å². The monoisotopic (exact) mass is 288 g/mol. The lowest BCUT2D eigenvalue weighted by molar-refractivity contribution is 0.214. The zero-order chi connectivity index (χ0) is 15.1. The minimum Gasteiger partial charge on any atom is -0.394 e. The van der Waals surface area contributed by atoms with Crippen LogP contribution in [0.25, 0.3) is 5.69 Å². The predicted molar refractivity (Wildman–Crippen MR) is 80.1 cm³/mol. The molecule has 0 aliphatic heterocycles. The number of aliphatic hydroxyl groups is 1. The first-order valence-electron chi connectivity index (χ1n) is 6.95. The lowest BCUT2D eigenvalue weighted by atomic mass is 10.2. The number of benzene rings is 1. The van der Waals surface area contributed by atoms with Crippen molar-refractivity contribution >= 4 is 6.03 Å². The zero-order valence-corrected chi connectivity index (χ0v) is 12.0. The average molecular weight is 288 g/mol. The van der Waals surface area contributed by atoms with E-state index in [2.05, 4.69) is 15.6 Å². The lowest BCUT2D eigenvalue weighted by Crippen LogP contribution is -2.43. The molecule has 1 aromatic carbocycles. The Bertz CT molecular complexity index is 548. The van der Waals surface area contributed by atoms with E-state index < -0.39 is 0 Å². The number of hydrogen-bond donors (Lipinski definition) is 3. The van der Waals surface area contributed by atoms with E-state index in [1.807, 2.05) is 42.0 Å². The van der Waals surface area contributed by atoms with Gasteiger partial charge in [-0.3, -0.25) is 0 Å². The van der Waals surface area contributed by atoms with Gasteiger partial charge < -0.3 is 20.3 Å². The SMILES string of the molecule is CCC(CO)NC(=O)NCc1ccc(-n2ccnc2)cc1. The van der Waals surface area contributed by atoms with Crippen LogP contribution in [0, 0.1) is 0 Å². The maximum atomic E-state index is 11.7. The highest BCUT2D eigenvalue weighted by Crippen LogP contribution is 2.09. The number of hydrogen-bond acceptors (Lipinski definition) is 3. The Labute approximate surface area is 123 Å². The van der Waals surface area contributed by atoms with Gasteiger partial charge in [0.15, 0.2) is 0 Å². The van der Waals surface area contributed by atoms with Gasteiger partial charge in [-0.15, -0.1) is 0 Å². The molecule has 2 aromatic rings. The molecule has 1 aromatic heterocycles. The van der Waals surface area contributed by atoms with Gasteiger partial charge in [-0.05, 0) is 24.1 Å². The quantitative estimate of drug-likeness (QED) is 0.752. The fraction of sp³-hybridized carbons (Fsp3) is 0.333. The number of nitrogens with one attached hydrogen (secondary N) is 2. The molecule has 21 heavy (non-hydrogen) atoms. The summed E-state index contributed by atoms with van der Waals surface area (Å²) in [6, 6.07) is 7.39. The molecule has 1 atom stereocenters. The number of aliphatic hydroxyl groups excluding tert-OH is 1. The smallest absolute Gasteiger partial charge is 0.315 e. The van der Waals surface area contributed by atoms with E-state index >= 15 is 0 Å². The van der Waals surface area contributed by atoms with Crippen molar-refractivity contribution in [3.63, 3.8) is 0 Å². The van der Waals surface area contributed by atoms with Crippen LogP contribution in [0.5, 0.6) is 0 Å². The van der Waals surface area contributed by atoms with Crippen molar-refractivity contribution in [1.29, 1.82) is 0 Å². The minimum atomic E-state index is -0.269. The van der Waals surface area contributed by atoms with Crippen molar-refractivity contribution in [1.82, 2.24) is 20.2 Å². The molecule has 0 fully saturated rings. The molecule has 112 valence electrons. The number of imidazole rings is 1. The van der Waals surface area contributed by atoms with Crippen molar-refractivity contribution in [3.8, 4) is 5.69 Å². The van der Waals surface area contributed by atoms with Gasteiger partial charge in [0.1, 0.15) is 0 Å². The third-order valence-corrected chi connectivity index (χ3v) is 3.24. The summed E-state index contributed by atoms with van der Waals surface area (Å²) in [7, 11) is 0. The van der Waals surface area contributed by atoms with Crippen LogP contribution in [-0.4, -0.2) is 33.3 Å². The van der Waals surface area contributed by atoms with Gasteiger partial charge in [0.05, 0.1) is 19.0 Å². The van der Waals surface area contributed by atoms with Crippen molar-refractivity contribution in [2.24, 2.45) is 0 Å². The second-order valence-corrected chi connectivity index (χ2v) is 4.75. The highest BCUT2D eigenvalue weighted by Gasteiger charge is 2.08. The van der Waals surface area contributed by atoms with E-state index in [0.29, 0.717) is 13.0 Å². The molecular formula is C15H20N4O2. The Morgan fingerprint density at radius 3 is 2.71 bits per heavy atom. The standard InChI is InChI=1S/C15H20N4O2/c1-2-13(10-20)18-15(21)17-9-12-3-5-14(6-4-12)19-8-7-16-11-19/h3-8,11,13,20H,2,9-10H2,1H3,(H2,17,18,21). The number of nitrogens with zero attached hydrogens (tertiary/aromatic N) is 2.